The van der Waals surface area contributed by atoms with Crippen molar-refractivity contribution in [2.45, 2.75) is 31.6 Å². The number of carbonyl (C=O) groups excluding carboxylic acids is 1. The second-order valence-electron chi connectivity index (χ2n) is 4.71. The summed E-state index contributed by atoms with van der Waals surface area (Å²) in [4.78, 5) is 23.3. The smallest absolute Gasteiger partial charge is 0.372 e. The summed E-state index contributed by atoms with van der Waals surface area (Å²) in [6, 6.07) is 0. The highest BCUT2D eigenvalue weighted by Gasteiger charge is 2.40. The lowest BCUT2D eigenvalue weighted by atomic mass is 9.88. The number of aliphatic hydroxyl groups is 1. The first kappa shape index (κ1) is 11.1. The van der Waals surface area contributed by atoms with Crippen LogP contribution in [0.2, 0.25) is 0 Å². The van der Waals surface area contributed by atoms with Crippen LogP contribution in [0.3, 0.4) is 0 Å². The maximum absolute atomic E-state index is 12.2. The monoisotopic (exact) mass is 248 g/mol. The third-order valence-corrected chi connectivity index (χ3v) is 3.49. The number of aryl methyl sites for hydroxylation is 1. The van der Waals surface area contributed by atoms with Crippen LogP contribution in [0.5, 0.6) is 0 Å². The lowest BCUT2D eigenvalue weighted by Gasteiger charge is -2.12. The van der Waals surface area contributed by atoms with Gasteiger partial charge in [-0.15, -0.1) is 0 Å². The first-order valence-electron chi connectivity index (χ1n) is 5.90. The number of hydrogen-bond donors (Lipinski definition) is 2. The van der Waals surface area contributed by atoms with Crippen LogP contribution < -0.4 is 0 Å². The van der Waals surface area contributed by atoms with Gasteiger partial charge in [-0.25, -0.2) is 4.79 Å². The summed E-state index contributed by atoms with van der Waals surface area (Å²) in [5.74, 6) is -0.962. The number of carboxylic acid groups (broad SMARTS) is 1. The molecule has 1 saturated carbocycles. The molecule has 3 rings (SSSR count). The fraction of sp³-hybridized carbons (Fsp3) is 0.385. The topological polar surface area (TPSA) is 87.7 Å². The van der Waals surface area contributed by atoms with E-state index in [1.165, 1.54) is 0 Å². The van der Waals surface area contributed by atoms with Crippen molar-refractivity contribution >= 4 is 11.8 Å². The van der Waals surface area contributed by atoms with Gasteiger partial charge in [0, 0.05) is 17.6 Å². The summed E-state index contributed by atoms with van der Waals surface area (Å²) in [6.07, 6.45) is 3.43. The number of furan rings is 1. The van der Waals surface area contributed by atoms with Crippen LogP contribution in [0.4, 0.5) is 0 Å². The van der Waals surface area contributed by atoms with Gasteiger partial charge in [-0.05, 0) is 25.2 Å². The molecular weight excluding hydrogens is 236 g/mol. The van der Waals surface area contributed by atoms with Crippen LogP contribution in [0.1, 0.15) is 57.4 Å². The molecule has 0 amide bonds. The van der Waals surface area contributed by atoms with Crippen LogP contribution in [0.25, 0.3) is 0 Å². The highest BCUT2D eigenvalue weighted by molar-refractivity contribution is 6.12. The van der Waals surface area contributed by atoms with Crippen LogP contribution in [0.15, 0.2) is 16.3 Å². The minimum absolute atomic E-state index is 0.102. The molecule has 0 atom stereocenters. The zero-order valence-electron chi connectivity index (χ0n) is 9.60. The predicted octanol–water partition coefficient (Wildman–Crippen LogP) is 2.43. The molecule has 1 aromatic heterocycles. The first-order valence-corrected chi connectivity index (χ1v) is 5.90. The van der Waals surface area contributed by atoms with Crippen molar-refractivity contribution in [3.63, 3.8) is 0 Å². The summed E-state index contributed by atoms with van der Waals surface area (Å²) in [5, 5.41) is 18.2. The van der Waals surface area contributed by atoms with E-state index in [-0.39, 0.29) is 17.5 Å². The van der Waals surface area contributed by atoms with Gasteiger partial charge in [-0.2, -0.15) is 0 Å². The molecule has 1 aromatic rings. The molecule has 0 radical (unpaired) electrons. The van der Waals surface area contributed by atoms with E-state index in [0.717, 1.165) is 19.1 Å². The minimum atomic E-state index is -1.13. The van der Waals surface area contributed by atoms with Gasteiger partial charge in [-0.1, -0.05) is 0 Å². The van der Waals surface area contributed by atoms with Crippen LogP contribution in [0, 0.1) is 0 Å². The van der Waals surface area contributed by atoms with Gasteiger partial charge < -0.3 is 14.6 Å². The maximum Gasteiger partial charge on any atom is 0.372 e. The van der Waals surface area contributed by atoms with Gasteiger partial charge in [0.25, 0.3) is 0 Å². The van der Waals surface area contributed by atoms with E-state index < -0.39 is 5.97 Å². The molecule has 2 N–H and O–H groups in total. The summed E-state index contributed by atoms with van der Waals surface area (Å²) in [6.45, 7) is 0. The van der Waals surface area contributed by atoms with Crippen LogP contribution in [-0.2, 0) is 6.42 Å². The second kappa shape index (κ2) is 3.73. The van der Waals surface area contributed by atoms with Crippen molar-refractivity contribution in [2.24, 2.45) is 0 Å². The normalized spacial score (nSPS) is 21.1. The van der Waals surface area contributed by atoms with E-state index >= 15 is 0 Å². The van der Waals surface area contributed by atoms with Crippen LogP contribution >= 0.6 is 0 Å². The second-order valence-corrected chi connectivity index (χ2v) is 4.71. The Morgan fingerprint density at radius 3 is 2.61 bits per heavy atom. The quantitative estimate of drug-likeness (QED) is 0.619. The van der Waals surface area contributed by atoms with Crippen molar-refractivity contribution in [3.05, 3.63) is 34.5 Å². The molecule has 5 heteroatoms. The Balaban J connectivity index is 2.20. The van der Waals surface area contributed by atoms with E-state index in [0.29, 0.717) is 35.3 Å². The summed E-state index contributed by atoms with van der Waals surface area (Å²) in [7, 11) is 0. The number of rotatable bonds is 2. The van der Waals surface area contributed by atoms with Gasteiger partial charge in [0.2, 0.25) is 5.76 Å². The average molecular weight is 248 g/mol. The number of Topliss-reactive ketones (excluding diaryl/α,β-unsaturated/α-hetero) is 1. The number of aromatic carboxylic acids is 1. The minimum Gasteiger partial charge on any atom is -0.515 e. The van der Waals surface area contributed by atoms with Gasteiger partial charge in [0.15, 0.2) is 5.78 Å². The largest absolute Gasteiger partial charge is 0.515 e. The summed E-state index contributed by atoms with van der Waals surface area (Å²) in [5.41, 5.74) is 1.23. The number of ketones is 1. The molecule has 18 heavy (non-hydrogen) atoms. The highest BCUT2D eigenvalue weighted by Crippen LogP contribution is 2.47. The third-order valence-electron chi connectivity index (χ3n) is 3.49. The molecule has 1 fully saturated rings. The number of carbonyl (C=O) groups is 2. The number of allylic oxidation sites excluding steroid dienone is 1. The number of fused-ring (bicyclic) bond motifs is 1. The Morgan fingerprint density at radius 2 is 2.06 bits per heavy atom. The SMILES string of the molecule is O=C(O)c1oc2c(c1C1CC1)C(=O)/C(=C\O)CC2. The van der Waals surface area contributed by atoms with Crippen molar-refractivity contribution in [1.82, 2.24) is 0 Å². The summed E-state index contributed by atoms with van der Waals surface area (Å²) >= 11 is 0. The molecule has 94 valence electrons. The number of hydrogen-bond acceptors (Lipinski definition) is 4. The van der Waals surface area contributed by atoms with E-state index in [4.69, 9.17) is 14.6 Å². The van der Waals surface area contributed by atoms with Gasteiger partial charge in [0.05, 0.1) is 11.8 Å². The maximum atomic E-state index is 12.2. The predicted molar refractivity (Wildman–Crippen MR) is 61.0 cm³/mol. The number of carboxylic acids is 1. The first-order chi connectivity index (χ1) is 8.63. The molecule has 0 saturated heterocycles. The molecule has 0 spiro atoms. The standard InChI is InChI=1S/C13H12O5/c14-5-7-3-4-8-10(11(7)15)9(6-1-2-6)12(18-8)13(16)17/h5-6,14H,1-4H2,(H,16,17)/b7-5-. The zero-order chi connectivity index (χ0) is 12.9. The van der Waals surface area contributed by atoms with Crippen molar-refractivity contribution in [1.29, 1.82) is 0 Å². The Hall–Kier alpha value is -2.04. The molecule has 2 aliphatic carbocycles. The summed E-state index contributed by atoms with van der Waals surface area (Å²) < 4.78 is 5.33. The third kappa shape index (κ3) is 1.47. The fourth-order valence-electron chi connectivity index (χ4n) is 2.48. The molecular formula is C13H12O5. The Morgan fingerprint density at radius 1 is 1.33 bits per heavy atom. The van der Waals surface area contributed by atoms with E-state index in [2.05, 4.69) is 0 Å². The van der Waals surface area contributed by atoms with Crippen molar-refractivity contribution < 1.29 is 24.2 Å². The van der Waals surface area contributed by atoms with E-state index in [1.54, 1.807) is 0 Å². The fourth-order valence-corrected chi connectivity index (χ4v) is 2.48. The van der Waals surface area contributed by atoms with Crippen molar-refractivity contribution in [2.75, 3.05) is 0 Å². The van der Waals surface area contributed by atoms with Gasteiger partial charge in [0.1, 0.15) is 5.76 Å². The number of aliphatic hydroxyl groups excluding tert-OH is 1. The Labute approximate surface area is 103 Å². The highest BCUT2D eigenvalue weighted by atomic mass is 16.4. The van der Waals surface area contributed by atoms with E-state index in [9.17, 15) is 9.59 Å². The van der Waals surface area contributed by atoms with Crippen LogP contribution in [-0.4, -0.2) is 22.0 Å². The molecule has 5 nitrogen and oxygen atoms in total. The molecule has 0 bridgehead atoms. The Kier molecular flexibility index (Phi) is 2.29. The lowest BCUT2D eigenvalue weighted by molar-refractivity contribution is 0.0658. The molecule has 0 aliphatic heterocycles. The van der Waals surface area contributed by atoms with Crippen molar-refractivity contribution in [3.8, 4) is 0 Å². The van der Waals surface area contributed by atoms with Gasteiger partial charge >= 0.3 is 5.97 Å². The molecule has 0 unspecified atom stereocenters. The van der Waals surface area contributed by atoms with Gasteiger partial charge in [-0.3, -0.25) is 4.79 Å². The van der Waals surface area contributed by atoms with E-state index in [1.807, 2.05) is 0 Å². The zero-order valence-corrected chi connectivity index (χ0v) is 9.60. The molecule has 1 heterocycles. The molecule has 0 aromatic carbocycles. The Bertz CT molecular complexity index is 574. The lowest BCUT2D eigenvalue weighted by Crippen LogP contribution is -2.14. The molecule has 2 aliphatic rings. The average Bonchev–Trinajstić information content (AvgIpc) is 3.10.